The SMILES string of the molecule is COc1cc2c(cc1OC)C(Cc1nn[nH]n1)CC2. The number of hydrogen-bond acceptors (Lipinski definition) is 5. The number of hydrogen-bond donors (Lipinski definition) is 1. The van der Waals surface area contributed by atoms with Crippen LogP contribution in [0.2, 0.25) is 0 Å². The lowest BCUT2D eigenvalue weighted by Gasteiger charge is -2.13. The van der Waals surface area contributed by atoms with Crippen molar-refractivity contribution in [3.05, 3.63) is 29.1 Å². The Hall–Kier alpha value is -2.11. The Morgan fingerprint density at radius 2 is 2.05 bits per heavy atom. The van der Waals surface area contributed by atoms with Gasteiger partial charge < -0.3 is 9.47 Å². The average Bonchev–Trinajstić information content (AvgIpc) is 3.08. The fraction of sp³-hybridized carbons (Fsp3) is 0.462. The average molecular weight is 260 g/mol. The second kappa shape index (κ2) is 4.87. The molecule has 0 spiro atoms. The van der Waals surface area contributed by atoms with Crippen LogP contribution in [0, 0.1) is 0 Å². The van der Waals surface area contributed by atoms with E-state index < -0.39 is 0 Å². The highest BCUT2D eigenvalue weighted by atomic mass is 16.5. The second-order valence-corrected chi connectivity index (χ2v) is 4.67. The number of ether oxygens (including phenoxy) is 2. The summed E-state index contributed by atoms with van der Waals surface area (Å²) < 4.78 is 10.7. The number of nitrogens with one attached hydrogen (secondary N) is 1. The van der Waals surface area contributed by atoms with Crippen LogP contribution in [0.5, 0.6) is 11.5 Å². The van der Waals surface area contributed by atoms with E-state index in [0.717, 1.165) is 36.6 Å². The number of fused-ring (bicyclic) bond motifs is 1. The minimum Gasteiger partial charge on any atom is -0.493 e. The first-order valence-corrected chi connectivity index (χ1v) is 6.29. The zero-order chi connectivity index (χ0) is 13.2. The molecule has 0 bridgehead atoms. The highest BCUT2D eigenvalue weighted by molar-refractivity contribution is 5.50. The maximum absolute atomic E-state index is 5.37. The fourth-order valence-electron chi connectivity index (χ4n) is 2.72. The van der Waals surface area contributed by atoms with E-state index in [1.807, 2.05) is 0 Å². The van der Waals surface area contributed by atoms with Crippen LogP contribution in [-0.4, -0.2) is 34.8 Å². The number of aromatic amines is 1. The molecule has 1 aliphatic rings. The van der Waals surface area contributed by atoms with E-state index in [4.69, 9.17) is 9.47 Å². The van der Waals surface area contributed by atoms with Gasteiger partial charge in [-0.15, -0.1) is 10.2 Å². The van der Waals surface area contributed by atoms with Gasteiger partial charge in [0.15, 0.2) is 17.3 Å². The molecule has 1 aromatic heterocycles. The standard InChI is InChI=1S/C13H16N4O2/c1-18-11-5-8-3-4-9(6-13-14-16-17-15-13)10(8)7-12(11)19-2/h5,7,9H,3-4,6H2,1-2H3,(H,14,15,16,17). The molecule has 2 aromatic rings. The van der Waals surface area contributed by atoms with E-state index in [9.17, 15) is 0 Å². The van der Waals surface area contributed by atoms with Gasteiger partial charge in [0, 0.05) is 6.42 Å². The van der Waals surface area contributed by atoms with Crippen molar-refractivity contribution in [2.75, 3.05) is 14.2 Å². The monoisotopic (exact) mass is 260 g/mol. The third-order valence-electron chi connectivity index (χ3n) is 3.67. The molecular weight excluding hydrogens is 244 g/mol. The van der Waals surface area contributed by atoms with E-state index >= 15 is 0 Å². The zero-order valence-electron chi connectivity index (χ0n) is 11.0. The lowest BCUT2D eigenvalue weighted by molar-refractivity contribution is 0.354. The number of benzene rings is 1. The predicted octanol–water partition coefficient (Wildman–Crippen LogP) is 1.49. The molecule has 19 heavy (non-hydrogen) atoms. The number of tetrazole rings is 1. The number of methoxy groups -OCH3 is 2. The molecule has 1 atom stereocenters. The number of rotatable bonds is 4. The van der Waals surface area contributed by atoms with E-state index in [1.165, 1.54) is 11.1 Å². The molecule has 1 N–H and O–H groups in total. The summed E-state index contributed by atoms with van der Waals surface area (Å²) in [5, 5.41) is 14.1. The third-order valence-corrected chi connectivity index (χ3v) is 3.67. The molecule has 1 heterocycles. The molecule has 1 unspecified atom stereocenters. The van der Waals surface area contributed by atoms with Gasteiger partial charge in [-0.1, -0.05) is 5.21 Å². The van der Waals surface area contributed by atoms with Gasteiger partial charge in [0.25, 0.3) is 0 Å². The summed E-state index contributed by atoms with van der Waals surface area (Å²) in [6.07, 6.45) is 2.96. The van der Waals surface area contributed by atoms with Crippen molar-refractivity contribution in [1.29, 1.82) is 0 Å². The van der Waals surface area contributed by atoms with Crippen LogP contribution in [0.15, 0.2) is 12.1 Å². The first-order chi connectivity index (χ1) is 9.31. The Morgan fingerprint density at radius 3 is 2.74 bits per heavy atom. The number of nitrogens with zero attached hydrogens (tertiary/aromatic N) is 3. The summed E-state index contributed by atoms with van der Waals surface area (Å²) in [6, 6.07) is 4.15. The van der Waals surface area contributed by atoms with Gasteiger partial charge in [-0.25, -0.2) is 0 Å². The molecule has 0 radical (unpaired) electrons. The van der Waals surface area contributed by atoms with Gasteiger partial charge in [0.2, 0.25) is 0 Å². The van der Waals surface area contributed by atoms with Gasteiger partial charge in [-0.3, -0.25) is 0 Å². The normalized spacial score (nSPS) is 17.3. The van der Waals surface area contributed by atoms with Crippen molar-refractivity contribution < 1.29 is 9.47 Å². The quantitative estimate of drug-likeness (QED) is 0.901. The highest BCUT2D eigenvalue weighted by Crippen LogP contribution is 2.41. The Kier molecular flexibility index (Phi) is 3.06. The maximum Gasteiger partial charge on any atom is 0.175 e. The Bertz CT molecular complexity index is 568. The maximum atomic E-state index is 5.37. The highest BCUT2D eigenvalue weighted by Gasteiger charge is 2.26. The lowest BCUT2D eigenvalue weighted by Crippen LogP contribution is -2.01. The molecule has 6 heteroatoms. The first-order valence-electron chi connectivity index (χ1n) is 6.29. The number of aryl methyl sites for hydroxylation is 1. The van der Waals surface area contributed by atoms with Gasteiger partial charge in [0.05, 0.1) is 14.2 Å². The zero-order valence-corrected chi connectivity index (χ0v) is 11.0. The fourth-order valence-corrected chi connectivity index (χ4v) is 2.72. The molecular formula is C13H16N4O2. The van der Waals surface area contributed by atoms with Crippen molar-refractivity contribution >= 4 is 0 Å². The summed E-state index contributed by atoms with van der Waals surface area (Å²) in [6.45, 7) is 0. The molecule has 100 valence electrons. The Morgan fingerprint density at radius 1 is 1.26 bits per heavy atom. The van der Waals surface area contributed by atoms with E-state index in [1.54, 1.807) is 14.2 Å². The van der Waals surface area contributed by atoms with Crippen molar-refractivity contribution in [2.24, 2.45) is 0 Å². The van der Waals surface area contributed by atoms with Gasteiger partial charge in [-0.05, 0) is 42.0 Å². The van der Waals surface area contributed by atoms with Crippen molar-refractivity contribution in [3.8, 4) is 11.5 Å². The molecule has 0 fully saturated rings. The topological polar surface area (TPSA) is 72.9 Å². The molecule has 0 saturated carbocycles. The number of aromatic nitrogens is 4. The second-order valence-electron chi connectivity index (χ2n) is 4.67. The Labute approximate surface area is 111 Å². The lowest BCUT2D eigenvalue weighted by atomic mass is 9.97. The molecule has 0 amide bonds. The molecule has 1 aliphatic carbocycles. The number of H-pyrrole nitrogens is 1. The summed E-state index contributed by atoms with van der Waals surface area (Å²) in [7, 11) is 3.32. The van der Waals surface area contributed by atoms with Crippen LogP contribution in [0.4, 0.5) is 0 Å². The van der Waals surface area contributed by atoms with Crippen LogP contribution in [0.3, 0.4) is 0 Å². The van der Waals surface area contributed by atoms with E-state index in [0.29, 0.717) is 5.92 Å². The summed E-state index contributed by atoms with van der Waals surface area (Å²) in [4.78, 5) is 0. The molecule has 0 aliphatic heterocycles. The van der Waals surface area contributed by atoms with Crippen molar-refractivity contribution in [2.45, 2.75) is 25.2 Å². The van der Waals surface area contributed by atoms with Crippen molar-refractivity contribution in [1.82, 2.24) is 20.6 Å². The van der Waals surface area contributed by atoms with Gasteiger partial charge >= 0.3 is 0 Å². The van der Waals surface area contributed by atoms with Crippen LogP contribution in [0.1, 0.15) is 29.3 Å². The summed E-state index contributed by atoms with van der Waals surface area (Å²) >= 11 is 0. The van der Waals surface area contributed by atoms with E-state index in [-0.39, 0.29) is 0 Å². The van der Waals surface area contributed by atoms with Crippen molar-refractivity contribution in [3.63, 3.8) is 0 Å². The summed E-state index contributed by atoms with van der Waals surface area (Å²) in [5.74, 6) is 2.75. The molecule has 0 saturated heterocycles. The van der Waals surface area contributed by atoms with Crippen LogP contribution in [0.25, 0.3) is 0 Å². The van der Waals surface area contributed by atoms with Crippen LogP contribution in [-0.2, 0) is 12.8 Å². The first kappa shape index (κ1) is 12.0. The third kappa shape index (κ3) is 2.14. The van der Waals surface area contributed by atoms with Gasteiger partial charge in [-0.2, -0.15) is 5.21 Å². The Balaban J connectivity index is 1.91. The minimum absolute atomic E-state index is 0.424. The van der Waals surface area contributed by atoms with Gasteiger partial charge in [0.1, 0.15) is 0 Å². The molecule has 1 aromatic carbocycles. The van der Waals surface area contributed by atoms with Crippen LogP contribution < -0.4 is 9.47 Å². The summed E-state index contributed by atoms with van der Waals surface area (Å²) in [5.41, 5.74) is 2.63. The predicted molar refractivity (Wildman–Crippen MR) is 68.5 cm³/mol. The molecule has 6 nitrogen and oxygen atoms in total. The minimum atomic E-state index is 0.424. The largest absolute Gasteiger partial charge is 0.493 e. The molecule has 3 rings (SSSR count). The van der Waals surface area contributed by atoms with Crippen LogP contribution >= 0.6 is 0 Å². The van der Waals surface area contributed by atoms with E-state index in [2.05, 4.69) is 32.8 Å². The smallest absolute Gasteiger partial charge is 0.175 e.